The number of sulfonamides is 1. The van der Waals surface area contributed by atoms with Crippen molar-refractivity contribution in [1.29, 1.82) is 0 Å². The molecule has 0 bridgehead atoms. The number of H-pyrrole nitrogens is 1. The van der Waals surface area contributed by atoms with Crippen molar-refractivity contribution in [3.05, 3.63) is 76.8 Å². The number of pyridine rings is 1. The van der Waals surface area contributed by atoms with Crippen molar-refractivity contribution in [3.8, 4) is 17.1 Å². The highest BCUT2D eigenvalue weighted by Crippen LogP contribution is 2.29. The highest BCUT2D eigenvalue weighted by molar-refractivity contribution is 7.93. The van der Waals surface area contributed by atoms with Crippen LogP contribution in [0.1, 0.15) is 10.5 Å². The minimum Gasteiger partial charge on any atom is -0.501 e. The van der Waals surface area contributed by atoms with Crippen LogP contribution < -0.4 is 10.3 Å². The molecular formula is C20H14N4O6S. The van der Waals surface area contributed by atoms with Crippen LogP contribution in [-0.2, 0) is 10.0 Å². The lowest BCUT2D eigenvalue weighted by Crippen LogP contribution is -2.17. The molecule has 0 radical (unpaired) electrons. The number of fused-ring (bicyclic) bond motifs is 1. The summed E-state index contributed by atoms with van der Waals surface area (Å²) in [6, 6.07) is 14.1. The van der Waals surface area contributed by atoms with Crippen molar-refractivity contribution < 1.29 is 23.4 Å². The summed E-state index contributed by atoms with van der Waals surface area (Å²) in [4.78, 5) is 33.3. The fourth-order valence-corrected chi connectivity index (χ4v) is 4.28. The highest BCUT2D eigenvalue weighted by Gasteiger charge is 2.22. The number of hydrogen-bond acceptors (Lipinski definition) is 7. The molecule has 0 unspecified atom stereocenters. The molecule has 2 aromatic carbocycles. The number of nitrogens with one attached hydrogen (secondary N) is 2. The number of anilines is 1. The Bertz CT molecular complexity index is 1490. The van der Waals surface area contributed by atoms with Crippen LogP contribution in [-0.4, -0.2) is 39.6 Å². The van der Waals surface area contributed by atoms with Crippen LogP contribution in [0.2, 0.25) is 0 Å². The van der Waals surface area contributed by atoms with Gasteiger partial charge in [0, 0.05) is 17.1 Å². The molecule has 0 aliphatic heterocycles. The lowest BCUT2D eigenvalue weighted by molar-refractivity contribution is 0.0686. The van der Waals surface area contributed by atoms with Gasteiger partial charge in [-0.15, -0.1) is 0 Å². The lowest BCUT2D eigenvalue weighted by Gasteiger charge is -2.13. The van der Waals surface area contributed by atoms with Crippen LogP contribution in [0.4, 0.5) is 5.69 Å². The Labute approximate surface area is 174 Å². The molecule has 4 aromatic rings. The first kappa shape index (κ1) is 20.0. The minimum absolute atomic E-state index is 0.0422. The van der Waals surface area contributed by atoms with E-state index < -0.39 is 33.0 Å². The Balaban J connectivity index is 1.84. The third-order valence-corrected chi connectivity index (χ3v) is 5.81. The zero-order valence-electron chi connectivity index (χ0n) is 15.6. The number of aromatic carboxylic acids is 1. The maximum absolute atomic E-state index is 13.1. The SMILES string of the molecule is O=C(O)c1nc(-c2ccccc2NS(=O)(=O)c2cccc3cccnc23)[nH]c(=O)c1O. The van der Waals surface area contributed by atoms with Crippen molar-refractivity contribution in [2.45, 2.75) is 4.90 Å². The van der Waals surface area contributed by atoms with Gasteiger partial charge in [0.25, 0.3) is 15.6 Å². The molecule has 0 fully saturated rings. The minimum atomic E-state index is -4.11. The van der Waals surface area contributed by atoms with Gasteiger partial charge in [-0.3, -0.25) is 14.5 Å². The molecular weight excluding hydrogens is 424 g/mol. The van der Waals surface area contributed by atoms with Crippen LogP contribution in [0.15, 0.2) is 70.5 Å². The third-order valence-electron chi connectivity index (χ3n) is 4.41. The quantitative estimate of drug-likeness (QED) is 0.368. The summed E-state index contributed by atoms with van der Waals surface area (Å²) in [6.07, 6.45) is 1.48. The Morgan fingerprint density at radius 1 is 1.03 bits per heavy atom. The third kappa shape index (κ3) is 3.69. The zero-order chi connectivity index (χ0) is 22.2. The molecule has 0 saturated heterocycles. The smallest absolute Gasteiger partial charge is 0.358 e. The van der Waals surface area contributed by atoms with E-state index in [0.29, 0.717) is 5.39 Å². The molecule has 0 amide bonds. The number of carboxylic acid groups (broad SMARTS) is 1. The summed E-state index contributed by atoms with van der Waals surface area (Å²) >= 11 is 0. The number of aromatic nitrogens is 3. The molecule has 4 rings (SSSR count). The number of para-hydroxylation sites is 2. The molecule has 4 N–H and O–H groups in total. The summed E-state index contributed by atoms with van der Waals surface area (Å²) in [6.45, 7) is 0. The number of hydrogen-bond donors (Lipinski definition) is 4. The zero-order valence-corrected chi connectivity index (χ0v) is 16.4. The van der Waals surface area contributed by atoms with E-state index in [0.717, 1.165) is 0 Å². The first-order valence-corrected chi connectivity index (χ1v) is 10.3. The van der Waals surface area contributed by atoms with Gasteiger partial charge in [-0.25, -0.2) is 18.2 Å². The number of aromatic amines is 1. The van der Waals surface area contributed by atoms with Crippen LogP contribution >= 0.6 is 0 Å². The van der Waals surface area contributed by atoms with Gasteiger partial charge >= 0.3 is 5.97 Å². The summed E-state index contributed by atoms with van der Waals surface area (Å²) in [7, 11) is -4.11. The summed E-state index contributed by atoms with van der Waals surface area (Å²) in [5.41, 5.74) is -1.49. The van der Waals surface area contributed by atoms with E-state index in [4.69, 9.17) is 0 Å². The fraction of sp³-hybridized carbons (Fsp3) is 0. The van der Waals surface area contributed by atoms with Crippen LogP contribution in [0, 0.1) is 0 Å². The van der Waals surface area contributed by atoms with Gasteiger partial charge in [-0.1, -0.05) is 30.3 Å². The topological polar surface area (TPSA) is 162 Å². The number of carboxylic acids is 1. The van der Waals surface area contributed by atoms with Gasteiger partial charge in [-0.2, -0.15) is 0 Å². The van der Waals surface area contributed by atoms with Gasteiger partial charge < -0.3 is 15.2 Å². The van der Waals surface area contributed by atoms with E-state index in [1.165, 1.54) is 24.4 Å². The fourth-order valence-electron chi connectivity index (χ4n) is 3.02. The number of benzene rings is 2. The van der Waals surface area contributed by atoms with E-state index >= 15 is 0 Å². The number of aromatic hydroxyl groups is 1. The monoisotopic (exact) mass is 438 g/mol. The van der Waals surface area contributed by atoms with E-state index in [9.17, 15) is 28.2 Å². The van der Waals surface area contributed by atoms with Gasteiger partial charge in [0.1, 0.15) is 10.7 Å². The number of carbonyl (C=O) groups is 1. The predicted octanol–water partition coefficient (Wildman–Crippen LogP) is 2.19. The number of nitrogens with zero attached hydrogens (tertiary/aromatic N) is 2. The van der Waals surface area contributed by atoms with Crippen molar-refractivity contribution >= 4 is 32.6 Å². The predicted molar refractivity (Wildman–Crippen MR) is 111 cm³/mol. The summed E-state index contributed by atoms with van der Waals surface area (Å²) in [5, 5.41) is 19.4. The molecule has 2 aromatic heterocycles. The molecule has 10 nitrogen and oxygen atoms in total. The standard InChI is InChI=1S/C20H14N4O6S/c25-17-16(20(27)28)22-18(23-19(17)26)12-7-1-2-8-13(12)24-31(29,30)14-9-3-5-11-6-4-10-21-15(11)14/h1-10,24-25H,(H,27,28)(H,22,23,26). The molecule has 0 aliphatic carbocycles. The van der Waals surface area contributed by atoms with Gasteiger partial charge in [0.2, 0.25) is 5.75 Å². The van der Waals surface area contributed by atoms with Crippen molar-refractivity contribution in [2.24, 2.45) is 0 Å². The maximum Gasteiger partial charge on any atom is 0.358 e. The molecule has 0 spiro atoms. The first-order valence-electron chi connectivity index (χ1n) is 8.80. The second-order valence-corrected chi connectivity index (χ2v) is 8.05. The van der Waals surface area contributed by atoms with Crippen molar-refractivity contribution in [3.63, 3.8) is 0 Å². The lowest BCUT2D eigenvalue weighted by atomic mass is 10.1. The Morgan fingerprint density at radius 3 is 2.55 bits per heavy atom. The first-order chi connectivity index (χ1) is 14.8. The highest BCUT2D eigenvalue weighted by atomic mass is 32.2. The molecule has 0 saturated carbocycles. The average molecular weight is 438 g/mol. The van der Waals surface area contributed by atoms with E-state index in [2.05, 4.69) is 19.7 Å². The Hall–Kier alpha value is -4.25. The van der Waals surface area contributed by atoms with Gasteiger partial charge in [0.05, 0.1) is 11.2 Å². The van der Waals surface area contributed by atoms with E-state index in [1.807, 2.05) is 0 Å². The Morgan fingerprint density at radius 2 is 1.77 bits per heavy atom. The van der Waals surface area contributed by atoms with Crippen LogP contribution in [0.25, 0.3) is 22.3 Å². The van der Waals surface area contributed by atoms with Crippen molar-refractivity contribution in [1.82, 2.24) is 15.0 Å². The second-order valence-electron chi connectivity index (χ2n) is 6.40. The Kier molecular flexibility index (Phi) is 4.87. The van der Waals surface area contributed by atoms with Crippen molar-refractivity contribution in [2.75, 3.05) is 4.72 Å². The molecule has 11 heteroatoms. The summed E-state index contributed by atoms with van der Waals surface area (Å²) in [5.74, 6) is -2.88. The largest absolute Gasteiger partial charge is 0.501 e. The van der Waals surface area contributed by atoms with Crippen LogP contribution in [0.3, 0.4) is 0 Å². The average Bonchev–Trinajstić information content (AvgIpc) is 2.75. The van der Waals surface area contributed by atoms with E-state index in [1.54, 1.807) is 36.4 Å². The van der Waals surface area contributed by atoms with Gasteiger partial charge in [-0.05, 0) is 24.3 Å². The summed E-state index contributed by atoms with van der Waals surface area (Å²) < 4.78 is 28.7. The van der Waals surface area contributed by atoms with Gasteiger partial charge in [0.15, 0.2) is 5.69 Å². The second kappa shape index (κ2) is 7.54. The van der Waals surface area contributed by atoms with Crippen LogP contribution in [0.5, 0.6) is 5.75 Å². The molecule has 156 valence electrons. The maximum atomic E-state index is 13.1. The normalized spacial score (nSPS) is 11.4. The molecule has 31 heavy (non-hydrogen) atoms. The molecule has 0 aliphatic rings. The number of rotatable bonds is 5. The van der Waals surface area contributed by atoms with E-state index in [-0.39, 0.29) is 27.5 Å². The molecule has 2 heterocycles. The molecule has 0 atom stereocenters.